The van der Waals surface area contributed by atoms with Gasteiger partial charge in [0.25, 0.3) is 5.91 Å². The quantitative estimate of drug-likeness (QED) is 0.683. The van der Waals surface area contributed by atoms with Crippen LogP contribution in [-0.2, 0) is 9.53 Å². The Morgan fingerprint density at radius 3 is 2.86 bits per heavy atom. The maximum atomic E-state index is 11.9. The highest BCUT2D eigenvalue weighted by atomic mass is 35.5. The molecular weight excluding hydrogens is 294 g/mol. The summed E-state index contributed by atoms with van der Waals surface area (Å²) < 4.78 is 10.7. The summed E-state index contributed by atoms with van der Waals surface area (Å²) in [5.74, 6) is 0.472. The van der Waals surface area contributed by atoms with Gasteiger partial charge < -0.3 is 19.9 Å². The topological polar surface area (TPSA) is 67.8 Å². The zero-order chi connectivity index (χ0) is 15.7. The van der Waals surface area contributed by atoms with Crippen molar-refractivity contribution < 1.29 is 19.4 Å². The predicted octanol–water partition coefficient (Wildman–Crippen LogP) is 1.93. The number of ether oxygens (including phenoxy) is 2. The molecule has 21 heavy (non-hydrogen) atoms. The summed E-state index contributed by atoms with van der Waals surface area (Å²) in [6.07, 6.45) is 0.113. The van der Waals surface area contributed by atoms with Gasteiger partial charge in [0.1, 0.15) is 5.75 Å². The Labute approximate surface area is 130 Å². The standard InChI is InChI=1S/C15H22ClNO4/c1-11-10-13(16)4-5-14(11)21-12(2)15(19)17-6-3-8-20-9-7-18/h4-5,10,12,18H,3,6-9H2,1-2H3,(H,17,19). The molecule has 0 bridgehead atoms. The van der Waals surface area contributed by atoms with Gasteiger partial charge in [-0.2, -0.15) is 0 Å². The van der Waals surface area contributed by atoms with Crippen LogP contribution in [0.25, 0.3) is 0 Å². The van der Waals surface area contributed by atoms with Gasteiger partial charge in [0.15, 0.2) is 6.10 Å². The lowest BCUT2D eigenvalue weighted by Gasteiger charge is -2.16. The molecule has 0 saturated carbocycles. The summed E-state index contributed by atoms with van der Waals surface area (Å²) in [5.41, 5.74) is 0.888. The molecular formula is C15H22ClNO4. The van der Waals surface area contributed by atoms with Gasteiger partial charge in [-0.25, -0.2) is 0 Å². The molecule has 1 rings (SSSR count). The summed E-state index contributed by atoms with van der Waals surface area (Å²) in [6.45, 7) is 4.93. The lowest BCUT2D eigenvalue weighted by molar-refractivity contribution is -0.127. The van der Waals surface area contributed by atoms with Gasteiger partial charge in [-0.15, -0.1) is 0 Å². The van der Waals surface area contributed by atoms with Crippen molar-refractivity contribution in [2.24, 2.45) is 0 Å². The van der Waals surface area contributed by atoms with Crippen molar-refractivity contribution >= 4 is 17.5 Å². The molecule has 0 aliphatic carbocycles. The molecule has 1 aromatic carbocycles. The van der Waals surface area contributed by atoms with E-state index in [0.29, 0.717) is 37.0 Å². The van der Waals surface area contributed by atoms with Crippen LogP contribution in [-0.4, -0.2) is 43.5 Å². The molecule has 0 aliphatic heterocycles. The Kier molecular flexibility index (Phi) is 8.12. The average Bonchev–Trinajstić information content (AvgIpc) is 2.45. The zero-order valence-electron chi connectivity index (χ0n) is 12.4. The molecule has 0 heterocycles. The molecule has 1 unspecified atom stereocenters. The van der Waals surface area contributed by atoms with Crippen molar-refractivity contribution in [1.29, 1.82) is 0 Å². The Hall–Kier alpha value is -1.30. The minimum Gasteiger partial charge on any atom is -0.481 e. The van der Waals surface area contributed by atoms with Crippen molar-refractivity contribution in [1.82, 2.24) is 5.32 Å². The van der Waals surface area contributed by atoms with Gasteiger partial charge in [-0.3, -0.25) is 4.79 Å². The van der Waals surface area contributed by atoms with Gasteiger partial charge in [-0.05, 0) is 44.0 Å². The van der Waals surface area contributed by atoms with Crippen molar-refractivity contribution in [3.8, 4) is 5.75 Å². The van der Waals surface area contributed by atoms with Crippen LogP contribution >= 0.6 is 11.6 Å². The second kappa shape index (κ2) is 9.60. The molecule has 0 aromatic heterocycles. The molecule has 118 valence electrons. The first kappa shape index (κ1) is 17.8. The number of hydrogen-bond acceptors (Lipinski definition) is 4. The Bertz CT molecular complexity index is 453. The van der Waals surface area contributed by atoms with E-state index in [1.807, 2.05) is 6.92 Å². The van der Waals surface area contributed by atoms with Gasteiger partial charge in [-0.1, -0.05) is 11.6 Å². The number of aryl methyl sites for hydroxylation is 1. The average molecular weight is 316 g/mol. The molecule has 1 aromatic rings. The number of benzene rings is 1. The fraction of sp³-hybridized carbons (Fsp3) is 0.533. The van der Waals surface area contributed by atoms with E-state index in [-0.39, 0.29) is 12.5 Å². The second-order valence-corrected chi connectivity index (χ2v) is 5.09. The van der Waals surface area contributed by atoms with Gasteiger partial charge in [0, 0.05) is 18.2 Å². The van der Waals surface area contributed by atoms with Crippen LogP contribution < -0.4 is 10.1 Å². The molecule has 2 N–H and O–H groups in total. The highest BCUT2D eigenvalue weighted by Gasteiger charge is 2.15. The third-order valence-electron chi connectivity index (χ3n) is 2.81. The molecule has 5 nitrogen and oxygen atoms in total. The summed E-state index contributed by atoms with van der Waals surface area (Å²) >= 11 is 5.87. The number of aliphatic hydroxyl groups is 1. The third kappa shape index (κ3) is 6.80. The van der Waals surface area contributed by atoms with E-state index < -0.39 is 6.10 Å². The van der Waals surface area contributed by atoms with E-state index in [1.165, 1.54) is 0 Å². The normalized spacial score (nSPS) is 12.0. The minimum absolute atomic E-state index is 0.0116. The SMILES string of the molecule is Cc1cc(Cl)ccc1OC(C)C(=O)NCCCOCCO. The van der Waals surface area contributed by atoms with Crippen molar-refractivity contribution in [2.75, 3.05) is 26.4 Å². The summed E-state index contributed by atoms with van der Waals surface area (Å²) in [4.78, 5) is 11.9. The number of carbonyl (C=O) groups is 1. The van der Waals surface area contributed by atoms with Gasteiger partial charge in [0.2, 0.25) is 0 Å². The number of aliphatic hydroxyl groups excluding tert-OH is 1. The monoisotopic (exact) mass is 315 g/mol. The summed E-state index contributed by atoms with van der Waals surface area (Å²) in [5, 5.41) is 12.0. The van der Waals surface area contributed by atoms with Gasteiger partial charge in [0.05, 0.1) is 13.2 Å². The minimum atomic E-state index is -0.580. The molecule has 0 fully saturated rings. The van der Waals surface area contributed by atoms with E-state index >= 15 is 0 Å². The maximum absolute atomic E-state index is 11.9. The lowest BCUT2D eigenvalue weighted by Crippen LogP contribution is -2.37. The highest BCUT2D eigenvalue weighted by molar-refractivity contribution is 6.30. The molecule has 6 heteroatoms. The lowest BCUT2D eigenvalue weighted by atomic mass is 10.2. The Morgan fingerprint density at radius 1 is 1.43 bits per heavy atom. The smallest absolute Gasteiger partial charge is 0.260 e. The van der Waals surface area contributed by atoms with Crippen LogP contribution in [0.15, 0.2) is 18.2 Å². The number of rotatable bonds is 9. The van der Waals surface area contributed by atoms with Crippen LogP contribution in [0.4, 0.5) is 0 Å². The van der Waals surface area contributed by atoms with Crippen LogP contribution in [0.1, 0.15) is 18.9 Å². The zero-order valence-corrected chi connectivity index (χ0v) is 13.2. The first-order valence-electron chi connectivity index (χ1n) is 6.93. The first-order valence-corrected chi connectivity index (χ1v) is 7.31. The molecule has 1 amide bonds. The molecule has 0 saturated heterocycles. The van der Waals surface area contributed by atoms with E-state index in [4.69, 9.17) is 26.2 Å². The Balaban J connectivity index is 2.30. The van der Waals surface area contributed by atoms with Crippen molar-refractivity contribution in [2.45, 2.75) is 26.4 Å². The molecule has 0 aliphatic rings. The van der Waals surface area contributed by atoms with Crippen LogP contribution in [0.3, 0.4) is 0 Å². The summed E-state index contributed by atoms with van der Waals surface area (Å²) in [6, 6.07) is 5.27. The summed E-state index contributed by atoms with van der Waals surface area (Å²) in [7, 11) is 0. The van der Waals surface area contributed by atoms with E-state index in [1.54, 1.807) is 25.1 Å². The van der Waals surface area contributed by atoms with Crippen LogP contribution in [0.5, 0.6) is 5.75 Å². The third-order valence-corrected chi connectivity index (χ3v) is 3.05. The van der Waals surface area contributed by atoms with Crippen molar-refractivity contribution in [3.63, 3.8) is 0 Å². The number of hydrogen-bond donors (Lipinski definition) is 2. The van der Waals surface area contributed by atoms with E-state index in [0.717, 1.165) is 5.56 Å². The number of halogens is 1. The fourth-order valence-corrected chi connectivity index (χ4v) is 1.91. The molecule has 0 spiro atoms. The van der Waals surface area contributed by atoms with Crippen LogP contribution in [0, 0.1) is 6.92 Å². The van der Waals surface area contributed by atoms with Crippen molar-refractivity contribution in [3.05, 3.63) is 28.8 Å². The highest BCUT2D eigenvalue weighted by Crippen LogP contribution is 2.22. The number of nitrogens with one attached hydrogen (secondary N) is 1. The molecule has 0 radical (unpaired) electrons. The van der Waals surface area contributed by atoms with Gasteiger partial charge >= 0.3 is 0 Å². The first-order chi connectivity index (χ1) is 10.0. The number of amides is 1. The Morgan fingerprint density at radius 2 is 2.19 bits per heavy atom. The fourth-order valence-electron chi connectivity index (χ4n) is 1.69. The maximum Gasteiger partial charge on any atom is 0.260 e. The van der Waals surface area contributed by atoms with Crippen LogP contribution in [0.2, 0.25) is 5.02 Å². The molecule has 1 atom stereocenters. The predicted molar refractivity (Wildman–Crippen MR) is 81.8 cm³/mol. The number of carbonyl (C=O) groups excluding carboxylic acids is 1. The largest absolute Gasteiger partial charge is 0.481 e. The second-order valence-electron chi connectivity index (χ2n) is 4.65. The van der Waals surface area contributed by atoms with E-state index in [2.05, 4.69) is 5.32 Å². The van der Waals surface area contributed by atoms with E-state index in [9.17, 15) is 4.79 Å².